The molecule has 0 aliphatic carbocycles. The van der Waals surface area contributed by atoms with Gasteiger partial charge in [-0.2, -0.15) is 0 Å². The average Bonchev–Trinajstić information content (AvgIpc) is 2.37. The van der Waals surface area contributed by atoms with Gasteiger partial charge in [-0.15, -0.1) is 24.0 Å². The van der Waals surface area contributed by atoms with Crippen LogP contribution in [0.2, 0.25) is 0 Å². The largest absolute Gasteiger partial charge is 0.356 e. The quantitative estimate of drug-likeness (QED) is 0.436. The van der Waals surface area contributed by atoms with Gasteiger partial charge in [-0.3, -0.25) is 4.99 Å². The van der Waals surface area contributed by atoms with E-state index in [0.717, 1.165) is 18.4 Å². The third-order valence-corrected chi connectivity index (χ3v) is 3.72. The first-order chi connectivity index (χ1) is 8.94. The zero-order valence-corrected chi connectivity index (χ0v) is 16.2. The molecular weight excluding hydrogens is 363 g/mol. The molecule has 1 heterocycles. The number of guanidine groups is 1. The van der Waals surface area contributed by atoms with E-state index in [1.165, 1.54) is 38.9 Å². The Kier molecular flexibility index (Phi) is 9.80. The van der Waals surface area contributed by atoms with Crippen molar-refractivity contribution in [1.29, 1.82) is 0 Å². The number of rotatable bonds is 4. The molecule has 0 bridgehead atoms. The van der Waals surface area contributed by atoms with E-state index in [-0.39, 0.29) is 29.5 Å². The Labute approximate surface area is 142 Å². The molecule has 1 aliphatic heterocycles. The fraction of sp³-hybridized carbons (Fsp3) is 0.933. The first-order valence-corrected chi connectivity index (χ1v) is 7.65. The number of aliphatic imine (C=N–C) groups is 1. The van der Waals surface area contributed by atoms with Crippen LogP contribution in [0.1, 0.15) is 47.0 Å². The summed E-state index contributed by atoms with van der Waals surface area (Å²) in [5, 5.41) is 6.81. The topological polar surface area (TPSA) is 39.7 Å². The molecule has 0 aromatic rings. The van der Waals surface area contributed by atoms with Crippen LogP contribution in [0.5, 0.6) is 0 Å². The predicted octanol–water partition coefficient (Wildman–Crippen LogP) is 2.69. The number of piperidine rings is 1. The summed E-state index contributed by atoms with van der Waals surface area (Å²) in [4.78, 5) is 6.81. The van der Waals surface area contributed by atoms with E-state index in [9.17, 15) is 0 Å². The second kappa shape index (κ2) is 9.82. The van der Waals surface area contributed by atoms with Crippen molar-refractivity contribution < 1.29 is 0 Å². The monoisotopic (exact) mass is 396 g/mol. The van der Waals surface area contributed by atoms with Gasteiger partial charge in [-0.25, -0.2) is 0 Å². The summed E-state index contributed by atoms with van der Waals surface area (Å²) in [6.45, 7) is 13.5. The van der Waals surface area contributed by atoms with Gasteiger partial charge in [-0.05, 0) is 65.6 Å². The van der Waals surface area contributed by atoms with Gasteiger partial charge in [-0.1, -0.05) is 6.92 Å². The lowest BCUT2D eigenvalue weighted by molar-refractivity contribution is 0.187. The number of likely N-dealkylation sites (tertiary alicyclic amines) is 1. The van der Waals surface area contributed by atoms with Gasteiger partial charge in [0.25, 0.3) is 0 Å². The molecule has 1 rings (SSSR count). The van der Waals surface area contributed by atoms with Gasteiger partial charge < -0.3 is 15.5 Å². The summed E-state index contributed by atoms with van der Waals surface area (Å²) in [7, 11) is 1.83. The Balaban J connectivity index is 0.00000361. The standard InChI is InChI=1S/C15H32N4.HI/c1-6-19-11-8-13(9-12-19)7-10-17-14(16-5)18-15(2,3)4;/h13H,6-12H2,1-5H3,(H2,16,17,18);1H. The lowest BCUT2D eigenvalue weighted by atomic mass is 9.93. The van der Waals surface area contributed by atoms with Crippen LogP contribution in [-0.2, 0) is 0 Å². The summed E-state index contributed by atoms with van der Waals surface area (Å²) in [5.41, 5.74) is 0.0638. The zero-order chi connectivity index (χ0) is 14.3. The van der Waals surface area contributed by atoms with Crippen molar-refractivity contribution in [3.63, 3.8) is 0 Å². The van der Waals surface area contributed by atoms with Crippen LogP contribution < -0.4 is 10.6 Å². The van der Waals surface area contributed by atoms with Crippen molar-refractivity contribution in [2.24, 2.45) is 10.9 Å². The van der Waals surface area contributed by atoms with Crippen molar-refractivity contribution in [2.45, 2.75) is 52.5 Å². The van der Waals surface area contributed by atoms with Crippen molar-refractivity contribution >= 4 is 29.9 Å². The highest BCUT2D eigenvalue weighted by Gasteiger charge is 2.18. The van der Waals surface area contributed by atoms with Crippen LogP contribution in [0.3, 0.4) is 0 Å². The number of hydrogen-bond donors (Lipinski definition) is 2. The first-order valence-electron chi connectivity index (χ1n) is 7.65. The maximum Gasteiger partial charge on any atom is 0.191 e. The minimum absolute atomic E-state index is 0. The van der Waals surface area contributed by atoms with Crippen molar-refractivity contribution in [3.05, 3.63) is 0 Å². The van der Waals surface area contributed by atoms with Crippen LogP contribution in [-0.4, -0.2) is 49.6 Å². The molecule has 0 saturated carbocycles. The second-order valence-electron chi connectivity index (χ2n) is 6.54. The molecule has 20 heavy (non-hydrogen) atoms. The SMILES string of the molecule is CCN1CCC(CCNC(=NC)NC(C)(C)C)CC1.I. The molecular formula is C15H33IN4. The molecule has 0 aromatic carbocycles. The summed E-state index contributed by atoms with van der Waals surface area (Å²) in [6, 6.07) is 0. The molecule has 4 nitrogen and oxygen atoms in total. The van der Waals surface area contributed by atoms with E-state index >= 15 is 0 Å². The summed E-state index contributed by atoms with van der Waals surface area (Å²) >= 11 is 0. The van der Waals surface area contributed by atoms with Crippen LogP contribution in [0.4, 0.5) is 0 Å². The van der Waals surface area contributed by atoms with E-state index in [1.54, 1.807) is 0 Å². The first kappa shape index (κ1) is 20.0. The lowest BCUT2D eigenvalue weighted by Crippen LogP contribution is -2.48. The van der Waals surface area contributed by atoms with Gasteiger partial charge in [0.1, 0.15) is 0 Å². The van der Waals surface area contributed by atoms with E-state index < -0.39 is 0 Å². The van der Waals surface area contributed by atoms with Crippen LogP contribution in [0.25, 0.3) is 0 Å². The molecule has 1 fully saturated rings. The highest BCUT2D eigenvalue weighted by atomic mass is 127. The Bertz CT molecular complexity index is 278. The predicted molar refractivity (Wildman–Crippen MR) is 99.1 cm³/mol. The molecule has 1 aliphatic rings. The molecule has 0 spiro atoms. The lowest BCUT2D eigenvalue weighted by Gasteiger charge is -2.31. The van der Waals surface area contributed by atoms with Gasteiger partial charge in [0.15, 0.2) is 5.96 Å². The van der Waals surface area contributed by atoms with Crippen LogP contribution in [0.15, 0.2) is 4.99 Å². The van der Waals surface area contributed by atoms with Gasteiger partial charge in [0, 0.05) is 19.1 Å². The third-order valence-electron chi connectivity index (χ3n) is 3.72. The third kappa shape index (κ3) is 8.29. The van der Waals surface area contributed by atoms with Crippen molar-refractivity contribution in [3.8, 4) is 0 Å². The van der Waals surface area contributed by atoms with E-state index in [0.29, 0.717) is 0 Å². The molecule has 1 saturated heterocycles. The molecule has 0 amide bonds. The average molecular weight is 396 g/mol. The summed E-state index contributed by atoms with van der Waals surface area (Å²) in [5.74, 6) is 1.79. The molecule has 0 atom stereocenters. The molecule has 0 radical (unpaired) electrons. The van der Waals surface area contributed by atoms with Crippen molar-refractivity contribution in [1.82, 2.24) is 15.5 Å². The van der Waals surface area contributed by atoms with E-state index in [2.05, 4.69) is 48.2 Å². The number of hydrogen-bond acceptors (Lipinski definition) is 2. The van der Waals surface area contributed by atoms with E-state index in [1.807, 2.05) is 7.05 Å². The number of nitrogens with one attached hydrogen (secondary N) is 2. The zero-order valence-electron chi connectivity index (χ0n) is 13.8. The number of halogens is 1. The molecule has 5 heteroatoms. The summed E-state index contributed by atoms with van der Waals surface area (Å²) < 4.78 is 0. The van der Waals surface area contributed by atoms with E-state index in [4.69, 9.17) is 0 Å². The maximum absolute atomic E-state index is 4.27. The van der Waals surface area contributed by atoms with Crippen LogP contribution >= 0.6 is 24.0 Å². The highest BCUT2D eigenvalue weighted by Crippen LogP contribution is 2.19. The Morgan fingerprint density at radius 2 is 1.85 bits per heavy atom. The van der Waals surface area contributed by atoms with Crippen LogP contribution in [0, 0.1) is 5.92 Å². The van der Waals surface area contributed by atoms with Gasteiger partial charge in [0.05, 0.1) is 0 Å². The normalized spacial score (nSPS) is 18.6. The smallest absolute Gasteiger partial charge is 0.191 e. The van der Waals surface area contributed by atoms with Crippen molar-refractivity contribution in [2.75, 3.05) is 33.2 Å². The molecule has 120 valence electrons. The Morgan fingerprint density at radius 1 is 1.25 bits per heavy atom. The Hall–Kier alpha value is -0.0400. The molecule has 0 unspecified atom stereocenters. The fourth-order valence-electron chi connectivity index (χ4n) is 2.52. The highest BCUT2D eigenvalue weighted by molar-refractivity contribution is 14.0. The molecule has 2 N–H and O–H groups in total. The van der Waals surface area contributed by atoms with Gasteiger partial charge >= 0.3 is 0 Å². The minimum atomic E-state index is 0. The fourth-order valence-corrected chi connectivity index (χ4v) is 2.52. The second-order valence-corrected chi connectivity index (χ2v) is 6.54. The van der Waals surface area contributed by atoms with Gasteiger partial charge in [0.2, 0.25) is 0 Å². The molecule has 0 aromatic heterocycles. The number of nitrogens with zero attached hydrogens (tertiary/aromatic N) is 2. The maximum atomic E-state index is 4.27. The summed E-state index contributed by atoms with van der Waals surface area (Å²) in [6.07, 6.45) is 3.95. The Morgan fingerprint density at radius 3 is 2.30 bits per heavy atom. The minimum Gasteiger partial charge on any atom is -0.356 e.